The largest absolute Gasteiger partial charge is 0.743 e. The lowest BCUT2D eigenvalue weighted by molar-refractivity contribution is -0.486. The summed E-state index contributed by atoms with van der Waals surface area (Å²) in [5.41, 5.74) is 0. The molecule has 284 valence electrons. The first-order valence-corrected chi connectivity index (χ1v) is 10.8. The van der Waals surface area contributed by atoms with Gasteiger partial charge in [-0.05, 0) is 0 Å². The third kappa shape index (κ3) is 5.02. The van der Waals surface area contributed by atoms with Gasteiger partial charge in [0, 0.05) is 0 Å². The van der Waals surface area contributed by atoms with Crippen LogP contribution in [0.3, 0.4) is 0 Å². The zero-order chi connectivity index (χ0) is 39.5. The van der Waals surface area contributed by atoms with Crippen LogP contribution in [-0.2, 0) is 10.1 Å². The van der Waals surface area contributed by atoms with E-state index in [1.54, 1.807) is 0 Å². The second-order valence-corrected chi connectivity index (χ2v) is 9.78. The lowest BCUT2D eigenvalue weighted by Gasteiger charge is -2.46. The van der Waals surface area contributed by atoms with Gasteiger partial charge in [-0.3, -0.25) is 0 Å². The summed E-state index contributed by atoms with van der Waals surface area (Å²) in [7, 11) is -8.60. The molecule has 0 saturated carbocycles. The average molecular weight is 799 g/mol. The van der Waals surface area contributed by atoms with Crippen molar-refractivity contribution in [1.82, 2.24) is 0 Å². The van der Waals surface area contributed by atoms with Crippen molar-refractivity contribution in [2.75, 3.05) is 0 Å². The Bertz CT molecular complexity index is 1290. The van der Waals surface area contributed by atoms with Crippen LogP contribution in [0.2, 0.25) is 0 Å². The molecule has 47 heavy (non-hydrogen) atoms. The average Bonchev–Trinajstić information content (AvgIpc) is 2.80. The first-order chi connectivity index (χ1) is 19.5. The van der Waals surface area contributed by atoms with Gasteiger partial charge in [0.15, 0.2) is 10.1 Å². The van der Waals surface area contributed by atoms with E-state index in [0.29, 0.717) is 0 Å². The molecule has 0 aliphatic carbocycles. The highest BCUT2D eigenvalue weighted by Gasteiger charge is 3.01. The van der Waals surface area contributed by atoms with Gasteiger partial charge in [0.2, 0.25) is 0 Å². The molecule has 0 aromatic rings. The summed E-state index contributed by atoms with van der Waals surface area (Å²) in [6.45, 7) is 0. The maximum absolute atomic E-state index is 13.6. The van der Waals surface area contributed by atoms with Crippen molar-refractivity contribution in [2.24, 2.45) is 0 Å². The summed E-state index contributed by atoms with van der Waals surface area (Å²) in [6, 6.07) is 0. The predicted octanol–water partition coefficient (Wildman–Crippen LogP) is 8.31. The third-order valence-corrected chi connectivity index (χ3v) is 6.26. The van der Waals surface area contributed by atoms with Crippen LogP contribution in [-0.4, -0.2) is 95.5 Å². The molecular weight excluding hydrogens is 799 g/mol. The molecule has 0 bridgehead atoms. The molecule has 0 rings (SSSR count). The molecule has 3 nitrogen and oxygen atoms in total. The highest BCUT2D eigenvalue weighted by Crippen LogP contribution is 2.69. The molecule has 0 radical (unpaired) electrons. The van der Waals surface area contributed by atoms with E-state index in [1.807, 2.05) is 0 Å². The fourth-order valence-corrected chi connectivity index (χ4v) is 2.93. The monoisotopic (exact) mass is 799 g/mol. The van der Waals surface area contributed by atoms with Crippen LogP contribution >= 0.6 is 0 Å². The normalized spacial score (nSPS) is 17.3. The van der Waals surface area contributed by atoms with E-state index < -0.39 is 92.6 Å². The van der Waals surface area contributed by atoms with Gasteiger partial charge >= 0.3 is 82.5 Å². The summed E-state index contributed by atoms with van der Waals surface area (Å²) < 4.78 is 413. The Morgan fingerprint density at radius 2 is 0.383 bits per heavy atom. The first-order valence-electron chi connectivity index (χ1n) is 9.43. The summed E-state index contributed by atoms with van der Waals surface area (Å²) in [5, 5.41) is -8.45. The molecule has 0 aromatic carbocycles. The Morgan fingerprint density at radius 3 is 0.511 bits per heavy atom. The second-order valence-electron chi connectivity index (χ2n) is 8.36. The summed E-state index contributed by atoms with van der Waals surface area (Å²) >= 11 is 0. The quantitative estimate of drug-likeness (QED) is 0.139. The SMILES string of the molecule is O=S(=O)([O-])C(F)(F)C(F)(F)C(F)(F)C(F)(F)C(F)(F)C(F)(F)C(F)(F)C(F)(F)C(F)(F)C(F)(F)C(F)(F)C(F)(F)C(F)(F)C(F)(F)F. The van der Waals surface area contributed by atoms with Crippen molar-refractivity contribution in [3.63, 3.8) is 0 Å². The van der Waals surface area contributed by atoms with Crippen LogP contribution < -0.4 is 0 Å². The molecule has 0 aliphatic rings. The Balaban J connectivity index is 7.65. The van der Waals surface area contributed by atoms with Crippen molar-refractivity contribution < 1.29 is 140 Å². The molecule has 33 heteroatoms. The molecule has 0 fully saturated rings. The van der Waals surface area contributed by atoms with Gasteiger partial charge in [0.05, 0.1) is 0 Å². The Labute approximate surface area is 234 Å². The third-order valence-electron chi connectivity index (χ3n) is 5.37. The van der Waals surface area contributed by atoms with Gasteiger partial charge in [-0.15, -0.1) is 0 Å². The van der Waals surface area contributed by atoms with Crippen molar-refractivity contribution in [3.05, 3.63) is 0 Å². The van der Waals surface area contributed by atoms with Crippen LogP contribution in [0.1, 0.15) is 0 Å². The fraction of sp³-hybridized carbons (Fsp3) is 1.00. The van der Waals surface area contributed by atoms with Crippen molar-refractivity contribution in [1.29, 1.82) is 0 Å². The van der Waals surface area contributed by atoms with Crippen molar-refractivity contribution in [2.45, 2.75) is 82.5 Å². The van der Waals surface area contributed by atoms with E-state index in [0.717, 1.165) is 0 Å². The van der Waals surface area contributed by atoms with Crippen LogP contribution in [0.4, 0.5) is 127 Å². The molecule has 0 aliphatic heterocycles. The van der Waals surface area contributed by atoms with Gasteiger partial charge in [-0.1, -0.05) is 0 Å². The van der Waals surface area contributed by atoms with E-state index in [2.05, 4.69) is 0 Å². The highest BCUT2D eigenvalue weighted by molar-refractivity contribution is 7.86. The number of rotatable bonds is 13. The minimum Gasteiger partial charge on any atom is -0.743 e. The lowest BCUT2D eigenvalue weighted by Crippen LogP contribution is -2.79. The minimum atomic E-state index is -10.1. The van der Waals surface area contributed by atoms with Crippen LogP contribution in [0, 0.1) is 0 Å². The first kappa shape index (κ1) is 44.9. The Hall–Kier alpha value is -2.12. The van der Waals surface area contributed by atoms with Gasteiger partial charge in [0.1, 0.15) is 0 Å². The fourth-order valence-electron chi connectivity index (χ4n) is 2.49. The molecule has 0 unspecified atom stereocenters. The van der Waals surface area contributed by atoms with E-state index in [-0.39, 0.29) is 0 Å². The zero-order valence-corrected chi connectivity index (χ0v) is 20.4. The van der Waals surface area contributed by atoms with Crippen LogP contribution in [0.15, 0.2) is 0 Å². The van der Waals surface area contributed by atoms with Gasteiger partial charge < -0.3 is 4.55 Å². The minimum absolute atomic E-state index is 8.34. The standard InChI is InChI=1S/C14HF29O3S/c15-1(16,3(19,20)5(23,24)7(27,28)9(31,32)11(35,36)13(39,40)41)2(17,18)4(21,22)6(25,26)8(29,30)10(33,34)12(37,38)14(42,43)47(44,45)46/h(H,44,45,46)/p-1. The van der Waals surface area contributed by atoms with Crippen molar-refractivity contribution >= 4 is 10.1 Å². The van der Waals surface area contributed by atoms with Crippen LogP contribution in [0.5, 0.6) is 0 Å². The summed E-state index contributed by atoms with van der Waals surface area (Å²) in [5.74, 6) is -116. The Kier molecular flexibility index (Phi) is 9.98. The molecule has 0 atom stereocenters. The molecule has 0 saturated heterocycles. The number of halogens is 29. The Morgan fingerprint density at radius 1 is 0.255 bits per heavy atom. The number of alkyl halides is 29. The van der Waals surface area contributed by atoms with E-state index in [1.165, 1.54) is 0 Å². The molecule has 0 amide bonds. The summed E-state index contributed by atoms with van der Waals surface area (Å²) in [6.07, 6.45) is -8.34. The smallest absolute Gasteiger partial charge is 0.460 e. The van der Waals surface area contributed by atoms with Gasteiger partial charge in [-0.25, -0.2) is 8.42 Å². The van der Waals surface area contributed by atoms with E-state index >= 15 is 0 Å². The lowest BCUT2D eigenvalue weighted by atomic mass is 9.84. The maximum Gasteiger partial charge on any atom is 0.460 e. The highest BCUT2D eigenvalue weighted by atomic mass is 32.2. The topological polar surface area (TPSA) is 57.2 Å². The summed E-state index contributed by atoms with van der Waals surface area (Å²) in [4.78, 5) is 0. The van der Waals surface area contributed by atoms with Gasteiger partial charge in [0.25, 0.3) is 0 Å². The number of hydrogen-bond acceptors (Lipinski definition) is 3. The predicted molar refractivity (Wildman–Crippen MR) is 80.1 cm³/mol. The van der Waals surface area contributed by atoms with E-state index in [9.17, 15) is 140 Å². The van der Waals surface area contributed by atoms with Crippen molar-refractivity contribution in [3.8, 4) is 0 Å². The molecule has 0 N–H and O–H groups in total. The zero-order valence-electron chi connectivity index (χ0n) is 19.6. The van der Waals surface area contributed by atoms with E-state index in [4.69, 9.17) is 0 Å². The van der Waals surface area contributed by atoms with Crippen LogP contribution in [0.25, 0.3) is 0 Å². The molecular formula is C14F29O3S-. The molecule has 0 heterocycles. The van der Waals surface area contributed by atoms with Gasteiger partial charge in [-0.2, -0.15) is 127 Å². The maximum atomic E-state index is 13.6. The second kappa shape index (κ2) is 10.4. The number of hydrogen-bond donors (Lipinski definition) is 0. The molecule has 0 spiro atoms. The molecule has 0 aromatic heterocycles.